The minimum Gasteiger partial charge on any atom is -0.280 e. The summed E-state index contributed by atoms with van der Waals surface area (Å²) in [4.78, 5) is 9.34. The summed E-state index contributed by atoms with van der Waals surface area (Å²) in [6.07, 6.45) is 1.81. The minimum atomic E-state index is -0.169. The first kappa shape index (κ1) is 44.4. The van der Waals surface area contributed by atoms with Crippen LogP contribution in [0.25, 0.3) is 22.3 Å². The molecule has 296 valence electrons. The molecule has 0 aliphatic carbocycles. The van der Waals surface area contributed by atoms with E-state index in [1.165, 1.54) is 39.5 Å². The number of hydrogen-bond donors (Lipinski definition) is 0. The topological polar surface area (TPSA) is 72.3 Å². The second-order valence-corrected chi connectivity index (χ2v) is 15.9. The number of hydrogen-bond acceptors (Lipinski definition) is 4. The summed E-state index contributed by atoms with van der Waals surface area (Å²) in [5.41, 5.74) is 12.3. The van der Waals surface area contributed by atoms with Gasteiger partial charge in [0.05, 0.1) is 35.7 Å². The van der Waals surface area contributed by atoms with Gasteiger partial charge >= 0.3 is 0 Å². The Labute approximate surface area is 364 Å². The molecule has 59 heavy (non-hydrogen) atoms. The van der Waals surface area contributed by atoms with Gasteiger partial charge < -0.3 is 0 Å². The average Bonchev–Trinajstić information content (AvgIpc) is 3.71. The lowest BCUT2D eigenvalue weighted by atomic mass is 9.91. The maximum Gasteiger partial charge on any atom is 0.132 e. The van der Waals surface area contributed by atoms with Crippen LogP contribution in [0, 0.1) is 28.6 Å². The van der Waals surface area contributed by atoms with Crippen LogP contribution in [0.1, 0.15) is 85.4 Å². The monoisotopic (exact) mass is 832 g/mol. The third kappa shape index (κ3) is 12.1. The smallest absolute Gasteiger partial charge is 0.132 e. The molecule has 0 saturated carbocycles. The highest BCUT2D eigenvalue weighted by Gasteiger charge is 2.31. The van der Waals surface area contributed by atoms with Crippen LogP contribution in [0.4, 0.5) is 0 Å². The summed E-state index contributed by atoms with van der Waals surface area (Å²) in [5.74, 6) is 0.909. The molecule has 1 heterocycles. The third-order valence-electron chi connectivity index (χ3n) is 10.1. The van der Waals surface area contributed by atoms with E-state index in [0.29, 0.717) is 40.0 Å². The van der Waals surface area contributed by atoms with Crippen LogP contribution < -0.4 is 0 Å². The van der Waals surface area contributed by atoms with Crippen LogP contribution >= 0.6 is 34.8 Å². The van der Waals surface area contributed by atoms with Crippen molar-refractivity contribution in [3.05, 3.63) is 202 Å². The number of nitriles is 2. The van der Waals surface area contributed by atoms with Crippen molar-refractivity contribution in [2.24, 2.45) is 15.9 Å². The van der Waals surface area contributed by atoms with E-state index in [1.54, 1.807) is 6.07 Å². The highest BCUT2D eigenvalue weighted by Crippen LogP contribution is 2.38. The van der Waals surface area contributed by atoms with Gasteiger partial charge in [-0.1, -0.05) is 203 Å². The van der Waals surface area contributed by atoms with Gasteiger partial charge in [-0.05, 0) is 68.5 Å². The Bertz CT molecular complexity index is 2450. The molecule has 0 bridgehead atoms. The molecule has 7 rings (SSSR count). The zero-order chi connectivity index (χ0) is 42.3. The van der Waals surface area contributed by atoms with Gasteiger partial charge in [0.25, 0.3) is 0 Å². The van der Waals surface area contributed by atoms with E-state index in [-0.39, 0.29) is 12.0 Å². The second kappa shape index (κ2) is 21.9. The first-order valence-electron chi connectivity index (χ1n) is 19.6. The Hall–Kier alpha value is -5.75. The van der Waals surface area contributed by atoms with E-state index < -0.39 is 0 Å². The van der Waals surface area contributed by atoms with Gasteiger partial charge in [0.1, 0.15) is 5.17 Å². The van der Waals surface area contributed by atoms with Crippen molar-refractivity contribution in [3.8, 4) is 34.4 Å². The lowest BCUT2D eigenvalue weighted by Crippen LogP contribution is -2.05. The quantitative estimate of drug-likeness (QED) is 0.107. The molecule has 2 atom stereocenters. The first-order chi connectivity index (χ1) is 28.5. The van der Waals surface area contributed by atoms with Gasteiger partial charge in [-0.15, -0.1) is 0 Å². The lowest BCUT2D eigenvalue weighted by Gasteiger charge is -2.12. The molecule has 0 N–H and O–H groups in total. The van der Waals surface area contributed by atoms with Crippen LogP contribution in [0.5, 0.6) is 0 Å². The van der Waals surface area contributed by atoms with E-state index in [2.05, 4.69) is 142 Å². The van der Waals surface area contributed by atoms with E-state index in [4.69, 9.17) is 45.1 Å². The van der Waals surface area contributed by atoms with E-state index >= 15 is 0 Å². The molecule has 1 aliphatic heterocycles. The van der Waals surface area contributed by atoms with E-state index in [9.17, 15) is 5.26 Å². The minimum absolute atomic E-state index is 0.149. The van der Waals surface area contributed by atoms with Crippen molar-refractivity contribution in [2.45, 2.75) is 58.5 Å². The van der Waals surface area contributed by atoms with Crippen molar-refractivity contribution in [1.82, 2.24) is 0 Å². The molecular weight excluding hydrogens is 787 g/mol. The van der Waals surface area contributed by atoms with Crippen LogP contribution in [-0.2, 0) is 6.54 Å². The summed E-state index contributed by atoms with van der Waals surface area (Å²) in [5, 5.41) is 18.9. The molecular formula is C52H47Cl3N4. The summed E-state index contributed by atoms with van der Waals surface area (Å²) in [7, 11) is 0. The van der Waals surface area contributed by atoms with Crippen molar-refractivity contribution < 1.29 is 0 Å². The largest absolute Gasteiger partial charge is 0.280 e. The lowest BCUT2D eigenvalue weighted by molar-refractivity contribution is 0.594. The normalized spacial score (nSPS) is 14.6. The molecule has 4 nitrogen and oxygen atoms in total. The number of benzene rings is 6. The average molecular weight is 834 g/mol. The number of nitrogens with zero attached hydrogens (tertiary/aromatic N) is 4. The molecule has 0 spiro atoms. The Morgan fingerprint density at radius 3 is 1.61 bits per heavy atom. The van der Waals surface area contributed by atoms with Gasteiger partial charge in [0.2, 0.25) is 0 Å². The predicted molar refractivity (Wildman–Crippen MR) is 250 cm³/mol. The fourth-order valence-corrected chi connectivity index (χ4v) is 7.34. The molecule has 1 aliphatic rings. The third-order valence-corrected chi connectivity index (χ3v) is 11.0. The number of allylic oxidation sites excluding steroid dienone is 1. The Morgan fingerprint density at radius 2 is 1.15 bits per heavy atom. The zero-order valence-corrected chi connectivity index (χ0v) is 36.1. The van der Waals surface area contributed by atoms with Crippen molar-refractivity contribution in [3.63, 3.8) is 0 Å². The summed E-state index contributed by atoms with van der Waals surface area (Å²) < 4.78 is 0. The predicted octanol–water partition coefficient (Wildman–Crippen LogP) is 15.2. The van der Waals surface area contributed by atoms with Gasteiger partial charge in [-0.25, -0.2) is 0 Å². The second-order valence-electron chi connectivity index (χ2n) is 14.7. The summed E-state index contributed by atoms with van der Waals surface area (Å²) in [6, 6.07) is 53.5. The molecule has 6 aromatic rings. The van der Waals surface area contributed by atoms with Gasteiger partial charge in [0, 0.05) is 34.4 Å². The molecule has 0 saturated heterocycles. The Morgan fingerprint density at radius 1 is 0.695 bits per heavy atom. The molecule has 0 fully saturated rings. The first-order valence-corrected chi connectivity index (χ1v) is 20.7. The summed E-state index contributed by atoms with van der Waals surface area (Å²) >= 11 is 18.8. The SMILES string of the molecule is C=CC#N.CC(C)c1ccc(-c2ccc(CN=C(Cl)c3ccccc3Cl)cc2)cc1.CC(C)c1ccc(-c2ccc([C@@H]3N=C(c4ccccc4Cl)C[C@@H]3C#N)cc2)cc1. The van der Waals surface area contributed by atoms with E-state index in [0.717, 1.165) is 28.0 Å². The fraction of sp³-hybridized carbons (Fsp3) is 0.192. The van der Waals surface area contributed by atoms with Crippen LogP contribution in [0.3, 0.4) is 0 Å². The molecule has 0 radical (unpaired) electrons. The number of halogens is 3. The molecule has 0 aromatic heterocycles. The Balaban J connectivity index is 0.000000207. The van der Waals surface area contributed by atoms with Crippen molar-refractivity contribution in [1.29, 1.82) is 10.5 Å². The molecule has 0 amide bonds. The highest BCUT2D eigenvalue weighted by molar-refractivity contribution is 6.70. The maximum atomic E-state index is 9.68. The van der Waals surface area contributed by atoms with Gasteiger partial charge in [0.15, 0.2) is 0 Å². The maximum absolute atomic E-state index is 9.68. The molecule has 0 unspecified atom stereocenters. The van der Waals surface area contributed by atoms with Crippen molar-refractivity contribution >= 4 is 45.7 Å². The molecule has 6 aromatic carbocycles. The fourth-order valence-electron chi connectivity index (χ4n) is 6.60. The standard InChI is InChI=1S/C26H23ClN2.C23H21Cl2N.C3H3N/c1-17(2)18-7-9-19(10-8-18)20-11-13-21(14-12-20)26-22(16-28)15-25(29-26)23-5-3-4-6-24(23)27;1-16(2)18-11-13-20(14-12-18)19-9-7-17(8-10-19)15-26-23(25)21-5-3-4-6-22(21)24;1-2-3-4/h3-14,17,22,26H,15H2,1-2H3;3-14,16H,15H2,1-2H3;2H,1H2/t22-,26+;;/m1../s1. The Kier molecular flexibility index (Phi) is 16.4. The van der Waals surface area contributed by atoms with Crippen molar-refractivity contribution in [2.75, 3.05) is 0 Å². The van der Waals surface area contributed by atoms with Crippen LogP contribution in [0.15, 0.2) is 168 Å². The van der Waals surface area contributed by atoms with Gasteiger partial charge in [-0.2, -0.15) is 10.5 Å². The van der Waals surface area contributed by atoms with E-state index in [1.807, 2.05) is 48.5 Å². The number of rotatable bonds is 9. The number of aliphatic imine (C=N–C) groups is 2. The van der Waals surface area contributed by atoms with Crippen LogP contribution in [0.2, 0.25) is 10.0 Å². The van der Waals surface area contributed by atoms with Gasteiger partial charge in [-0.3, -0.25) is 9.98 Å². The molecule has 7 heteroatoms. The zero-order valence-electron chi connectivity index (χ0n) is 33.8. The van der Waals surface area contributed by atoms with Crippen LogP contribution in [-0.4, -0.2) is 10.9 Å². The highest BCUT2D eigenvalue weighted by atomic mass is 35.5. The summed E-state index contributed by atoms with van der Waals surface area (Å²) in [6.45, 7) is 12.5.